The van der Waals surface area contributed by atoms with Crippen LogP contribution in [-0.4, -0.2) is 6.04 Å². The summed E-state index contributed by atoms with van der Waals surface area (Å²) in [6.45, 7) is 0. The van der Waals surface area contributed by atoms with Gasteiger partial charge in [-0.15, -0.1) is 0 Å². The minimum Gasteiger partial charge on any atom is -0.307 e. The summed E-state index contributed by atoms with van der Waals surface area (Å²) in [5.41, 5.74) is 1.47. The predicted molar refractivity (Wildman–Crippen MR) is 48.8 cm³/mol. The fourth-order valence-electron chi connectivity index (χ4n) is 2.49. The van der Waals surface area contributed by atoms with Crippen molar-refractivity contribution in [3.05, 3.63) is 35.9 Å². The monoisotopic (exact) mass is 159 g/mol. The number of fused-ring (bicyclic) bond motifs is 1. The molecule has 1 aliphatic carbocycles. The second kappa shape index (κ2) is 2.33. The molecule has 1 heteroatoms. The fraction of sp³-hybridized carbons (Fsp3) is 0.455. The highest BCUT2D eigenvalue weighted by atomic mass is 15.0. The summed E-state index contributed by atoms with van der Waals surface area (Å²) in [5, 5.41) is 3.64. The SMILES string of the molecule is c1ccc([C@@H]2NC3CC2C3)cc1. The molecule has 1 aromatic carbocycles. The Labute approximate surface area is 72.8 Å². The normalized spacial score (nSPS) is 37.8. The Bertz CT molecular complexity index is 274. The van der Waals surface area contributed by atoms with Crippen molar-refractivity contribution in [1.29, 1.82) is 0 Å². The Morgan fingerprint density at radius 2 is 1.83 bits per heavy atom. The summed E-state index contributed by atoms with van der Waals surface area (Å²) in [6, 6.07) is 12.3. The molecule has 1 saturated carbocycles. The van der Waals surface area contributed by atoms with E-state index < -0.39 is 0 Å². The summed E-state index contributed by atoms with van der Waals surface area (Å²) in [4.78, 5) is 0. The number of hydrogen-bond acceptors (Lipinski definition) is 1. The summed E-state index contributed by atoms with van der Waals surface area (Å²) in [5.74, 6) is 0.928. The third-order valence-electron chi connectivity index (χ3n) is 3.22. The lowest BCUT2D eigenvalue weighted by Crippen LogP contribution is -2.23. The maximum absolute atomic E-state index is 3.64. The van der Waals surface area contributed by atoms with Gasteiger partial charge in [0.15, 0.2) is 0 Å². The Kier molecular flexibility index (Phi) is 1.30. The van der Waals surface area contributed by atoms with Gasteiger partial charge in [-0.2, -0.15) is 0 Å². The van der Waals surface area contributed by atoms with Crippen molar-refractivity contribution >= 4 is 0 Å². The van der Waals surface area contributed by atoms with Crippen LogP contribution in [0, 0.1) is 5.92 Å². The van der Waals surface area contributed by atoms with Gasteiger partial charge in [0, 0.05) is 12.1 Å². The molecule has 3 fully saturated rings. The van der Waals surface area contributed by atoms with E-state index in [0.29, 0.717) is 6.04 Å². The van der Waals surface area contributed by atoms with Crippen LogP contribution in [0.4, 0.5) is 0 Å². The van der Waals surface area contributed by atoms with Gasteiger partial charge in [-0.05, 0) is 24.3 Å². The minimum absolute atomic E-state index is 0.663. The lowest BCUT2D eigenvalue weighted by molar-refractivity contribution is 0.353. The highest BCUT2D eigenvalue weighted by molar-refractivity contribution is 5.23. The molecule has 0 unspecified atom stereocenters. The van der Waals surface area contributed by atoms with Crippen LogP contribution in [0.15, 0.2) is 30.3 Å². The second-order valence-corrected chi connectivity index (χ2v) is 3.98. The zero-order chi connectivity index (χ0) is 7.97. The first-order valence-electron chi connectivity index (χ1n) is 4.74. The van der Waals surface area contributed by atoms with E-state index in [0.717, 1.165) is 12.0 Å². The van der Waals surface area contributed by atoms with Crippen LogP contribution < -0.4 is 5.32 Å². The molecule has 2 bridgehead atoms. The van der Waals surface area contributed by atoms with Crippen molar-refractivity contribution in [3.8, 4) is 0 Å². The largest absolute Gasteiger partial charge is 0.307 e. The van der Waals surface area contributed by atoms with Gasteiger partial charge >= 0.3 is 0 Å². The maximum Gasteiger partial charge on any atom is 0.0352 e. The predicted octanol–water partition coefficient (Wildman–Crippen LogP) is 2.11. The summed E-state index contributed by atoms with van der Waals surface area (Å²) >= 11 is 0. The molecular formula is C11H13N. The average Bonchev–Trinajstić information content (AvgIpc) is 2.62. The van der Waals surface area contributed by atoms with Crippen LogP contribution in [-0.2, 0) is 0 Å². The van der Waals surface area contributed by atoms with Crippen LogP contribution in [0.2, 0.25) is 0 Å². The number of rotatable bonds is 1. The first-order valence-corrected chi connectivity index (χ1v) is 4.74. The van der Waals surface area contributed by atoms with E-state index in [9.17, 15) is 0 Å². The molecule has 2 saturated heterocycles. The van der Waals surface area contributed by atoms with Crippen LogP contribution in [0.1, 0.15) is 24.4 Å². The molecule has 1 aromatic rings. The number of benzene rings is 1. The van der Waals surface area contributed by atoms with Gasteiger partial charge in [0.25, 0.3) is 0 Å². The van der Waals surface area contributed by atoms with Gasteiger partial charge in [0.05, 0.1) is 0 Å². The number of hydrogen-bond donors (Lipinski definition) is 1. The Morgan fingerprint density at radius 3 is 2.42 bits per heavy atom. The summed E-state index contributed by atoms with van der Waals surface area (Å²) in [7, 11) is 0. The Balaban J connectivity index is 1.90. The van der Waals surface area contributed by atoms with Gasteiger partial charge in [0.2, 0.25) is 0 Å². The lowest BCUT2D eigenvalue weighted by atomic mass is 9.81. The first-order chi connectivity index (χ1) is 5.93. The van der Waals surface area contributed by atoms with E-state index in [1.54, 1.807) is 0 Å². The standard InChI is InChI=1S/C11H13N/c1-2-4-8(5-3-1)11-9-6-10(7-9)12-11/h1-5,9-12H,6-7H2/t9?,10?,11-/m0/s1. The van der Waals surface area contributed by atoms with E-state index >= 15 is 0 Å². The van der Waals surface area contributed by atoms with E-state index in [1.165, 1.54) is 18.4 Å². The zero-order valence-corrected chi connectivity index (χ0v) is 7.03. The average molecular weight is 159 g/mol. The molecule has 2 heterocycles. The van der Waals surface area contributed by atoms with Crippen LogP contribution in [0.3, 0.4) is 0 Å². The topological polar surface area (TPSA) is 12.0 Å². The van der Waals surface area contributed by atoms with E-state index in [4.69, 9.17) is 0 Å². The molecule has 12 heavy (non-hydrogen) atoms. The highest BCUT2D eigenvalue weighted by Crippen LogP contribution is 2.45. The van der Waals surface area contributed by atoms with Gasteiger partial charge in [-0.3, -0.25) is 0 Å². The molecule has 3 aliphatic rings. The third kappa shape index (κ3) is 0.831. The molecule has 0 aromatic heterocycles. The second-order valence-electron chi connectivity index (χ2n) is 3.98. The van der Waals surface area contributed by atoms with Gasteiger partial charge in [0.1, 0.15) is 0 Å². The molecule has 62 valence electrons. The molecule has 2 aliphatic heterocycles. The first kappa shape index (κ1) is 6.67. The highest BCUT2D eigenvalue weighted by Gasteiger charge is 2.44. The molecule has 0 spiro atoms. The summed E-state index contributed by atoms with van der Waals surface area (Å²) < 4.78 is 0. The Morgan fingerprint density at radius 1 is 1.08 bits per heavy atom. The van der Waals surface area contributed by atoms with Crippen molar-refractivity contribution in [3.63, 3.8) is 0 Å². The van der Waals surface area contributed by atoms with Crippen LogP contribution in [0.25, 0.3) is 0 Å². The van der Waals surface area contributed by atoms with Gasteiger partial charge in [-0.1, -0.05) is 30.3 Å². The third-order valence-corrected chi connectivity index (χ3v) is 3.22. The molecule has 0 amide bonds. The van der Waals surface area contributed by atoms with Crippen molar-refractivity contribution in [1.82, 2.24) is 5.32 Å². The van der Waals surface area contributed by atoms with Gasteiger partial charge < -0.3 is 5.32 Å². The molecular weight excluding hydrogens is 146 g/mol. The van der Waals surface area contributed by atoms with E-state index in [1.807, 2.05) is 0 Å². The zero-order valence-electron chi connectivity index (χ0n) is 7.03. The van der Waals surface area contributed by atoms with Crippen molar-refractivity contribution < 1.29 is 0 Å². The Hall–Kier alpha value is -0.820. The van der Waals surface area contributed by atoms with E-state index in [-0.39, 0.29) is 0 Å². The number of nitrogens with one attached hydrogen (secondary N) is 1. The fourth-order valence-corrected chi connectivity index (χ4v) is 2.49. The van der Waals surface area contributed by atoms with E-state index in [2.05, 4.69) is 35.6 Å². The summed E-state index contributed by atoms with van der Waals surface area (Å²) in [6.07, 6.45) is 2.80. The van der Waals surface area contributed by atoms with Gasteiger partial charge in [-0.25, -0.2) is 0 Å². The lowest BCUT2D eigenvalue weighted by Gasteiger charge is -2.22. The minimum atomic E-state index is 0.663. The molecule has 1 atom stereocenters. The van der Waals surface area contributed by atoms with Crippen molar-refractivity contribution in [2.45, 2.75) is 24.9 Å². The van der Waals surface area contributed by atoms with Crippen LogP contribution >= 0.6 is 0 Å². The van der Waals surface area contributed by atoms with Crippen molar-refractivity contribution in [2.24, 2.45) is 5.92 Å². The molecule has 4 rings (SSSR count). The molecule has 1 nitrogen and oxygen atoms in total. The van der Waals surface area contributed by atoms with Crippen molar-refractivity contribution in [2.75, 3.05) is 0 Å². The quantitative estimate of drug-likeness (QED) is 0.661. The molecule has 1 N–H and O–H groups in total. The maximum atomic E-state index is 3.64. The smallest absolute Gasteiger partial charge is 0.0352 e. The van der Waals surface area contributed by atoms with Crippen LogP contribution in [0.5, 0.6) is 0 Å². The molecule has 0 radical (unpaired) electrons.